The lowest BCUT2D eigenvalue weighted by molar-refractivity contribution is -0.123. The van der Waals surface area contributed by atoms with Gasteiger partial charge in [0.25, 0.3) is 5.91 Å². The van der Waals surface area contributed by atoms with E-state index in [1.54, 1.807) is 31.2 Å². The number of nitrogens with one attached hydrogen (secondary N) is 2. The number of hydrogen-bond acceptors (Lipinski definition) is 6. The molecule has 1 aliphatic heterocycles. The van der Waals surface area contributed by atoms with Gasteiger partial charge in [-0.2, -0.15) is 4.31 Å². The van der Waals surface area contributed by atoms with Crippen LogP contribution in [0.15, 0.2) is 88.7 Å². The highest BCUT2D eigenvalue weighted by Gasteiger charge is 2.25. The van der Waals surface area contributed by atoms with Crippen LogP contribution in [0.4, 0.5) is 0 Å². The number of hydrogen-bond donors (Lipinski definition) is 2. The fraction of sp³-hybridized carbons (Fsp3) is 0.321. The molecule has 9 nitrogen and oxygen atoms in total. The lowest BCUT2D eigenvalue weighted by Gasteiger charge is -2.25. The molecule has 0 spiro atoms. The Morgan fingerprint density at radius 3 is 2.10 bits per heavy atom. The SMILES string of the molecule is C[C@H](NS(=O)(=O)c1ccc(OCC(=O)NCc2ccc(S(=O)(=O)N3CCCCC3)cc2)cc1)c1ccccc1. The maximum absolute atomic E-state index is 12.8. The fourth-order valence-electron chi connectivity index (χ4n) is 4.26. The maximum Gasteiger partial charge on any atom is 0.258 e. The van der Waals surface area contributed by atoms with Gasteiger partial charge in [-0.3, -0.25) is 4.79 Å². The number of amides is 1. The van der Waals surface area contributed by atoms with Gasteiger partial charge in [0.1, 0.15) is 5.75 Å². The molecule has 1 saturated heterocycles. The first-order valence-electron chi connectivity index (χ1n) is 12.8. The van der Waals surface area contributed by atoms with Gasteiger partial charge in [0.2, 0.25) is 20.0 Å². The van der Waals surface area contributed by atoms with Crippen LogP contribution in [0.1, 0.15) is 43.4 Å². The molecule has 0 aliphatic carbocycles. The van der Waals surface area contributed by atoms with Crippen molar-refractivity contribution < 1.29 is 26.4 Å². The second-order valence-electron chi connectivity index (χ2n) is 9.40. The van der Waals surface area contributed by atoms with E-state index in [9.17, 15) is 21.6 Å². The minimum atomic E-state index is -3.74. The monoisotopic (exact) mass is 571 g/mol. The molecular formula is C28H33N3O6S2. The van der Waals surface area contributed by atoms with Crippen molar-refractivity contribution in [2.45, 2.75) is 48.6 Å². The average molecular weight is 572 g/mol. The first-order valence-corrected chi connectivity index (χ1v) is 15.7. The van der Waals surface area contributed by atoms with Gasteiger partial charge < -0.3 is 10.1 Å². The topological polar surface area (TPSA) is 122 Å². The molecule has 1 aliphatic rings. The van der Waals surface area contributed by atoms with E-state index in [4.69, 9.17) is 4.74 Å². The van der Waals surface area contributed by atoms with E-state index < -0.39 is 26.1 Å². The predicted octanol–water partition coefficient (Wildman–Crippen LogP) is 3.60. The Balaban J connectivity index is 1.24. The summed E-state index contributed by atoms with van der Waals surface area (Å²) in [6, 6.07) is 21.2. The molecule has 11 heteroatoms. The number of sulfonamides is 2. The summed E-state index contributed by atoms with van der Waals surface area (Å²) in [7, 11) is -7.24. The molecule has 208 valence electrons. The average Bonchev–Trinajstić information content (AvgIpc) is 2.96. The third-order valence-electron chi connectivity index (χ3n) is 6.50. The highest BCUT2D eigenvalue weighted by molar-refractivity contribution is 7.89. The normalized spacial score (nSPS) is 15.4. The zero-order chi connectivity index (χ0) is 27.9. The molecule has 3 aromatic rings. The van der Waals surface area contributed by atoms with Crippen molar-refractivity contribution in [3.05, 3.63) is 90.0 Å². The van der Waals surface area contributed by atoms with Crippen LogP contribution in [0.3, 0.4) is 0 Å². The van der Waals surface area contributed by atoms with Gasteiger partial charge in [-0.1, -0.05) is 48.9 Å². The van der Waals surface area contributed by atoms with E-state index in [0.717, 1.165) is 30.4 Å². The number of ether oxygens (including phenoxy) is 1. The third kappa shape index (κ3) is 7.66. The summed E-state index contributed by atoms with van der Waals surface area (Å²) >= 11 is 0. The Morgan fingerprint density at radius 1 is 0.846 bits per heavy atom. The largest absolute Gasteiger partial charge is 0.484 e. The molecule has 0 saturated carbocycles. The lowest BCUT2D eigenvalue weighted by Crippen LogP contribution is -2.35. The standard InChI is InChI=1S/C28H33N3O6S2/c1-22(24-8-4-2-5-9-24)30-38(33,34)26-16-12-25(13-17-26)37-21-28(32)29-20-23-10-14-27(15-11-23)39(35,36)31-18-6-3-7-19-31/h2,4-5,8-17,22,30H,3,6-7,18-21H2,1H3,(H,29,32)/t22-/m0/s1. The van der Waals surface area contributed by atoms with Crippen LogP contribution in [-0.2, 0) is 31.4 Å². The molecule has 0 radical (unpaired) electrons. The number of nitrogens with zero attached hydrogens (tertiary/aromatic N) is 1. The van der Waals surface area contributed by atoms with Gasteiger partial charge in [-0.05, 0) is 67.3 Å². The van der Waals surface area contributed by atoms with Crippen molar-refractivity contribution in [2.75, 3.05) is 19.7 Å². The minimum absolute atomic E-state index is 0.0906. The van der Waals surface area contributed by atoms with Crippen LogP contribution < -0.4 is 14.8 Å². The van der Waals surface area contributed by atoms with E-state index in [-0.39, 0.29) is 28.8 Å². The van der Waals surface area contributed by atoms with E-state index >= 15 is 0 Å². The first kappa shape index (κ1) is 28.8. The predicted molar refractivity (Wildman–Crippen MR) is 148 cm³/mol. The van der Waals surface area contributed by atoms with Gasteiger partial charge >= 0.3 is 0 Å². The molecule has 1 atom stereocenters. The van der Waals surface area contributed by atoms with Gasteiger partial charge in [0.15, 0.2) is 6.61 Å². The second-order valence-corrected chi connectivity index (χ2v) is 13.1. The molecule has 39 heavy (non-hydrogen) atoms. The van der Waals surface area contributed by atoms with Crippen LogP contribution >= 0.6 is 0 Å². The Kier molecular flexibility index (Phi) is 9.39. The summed E-state index contributed by atoms with van der Waals surface area (Å²) in [5.74, 6) is -0.0115. The highest BCUT2D eigenvalue weighted by atomic mass is 32.2. The lowest BCUT2D eigenvalue weighted by atomic mass is 10.1. The molecule has 0 bridgehead atoms. The summed E-state index contributed by atoms with van der Waals surface area (Å²) < 4.78 is 60.6. The smallest absolute Gasteiger partial charge is 0.258 e. The summed E-state index contributed by atoms with van der Waals surface area (Å²) in [5, 5.41) is 2.73. The maximum atomic E-state index is 12.8. The van der Waals surface area contributed by atoms with Crippen molar-refractivity contribution in [1.29, 1.82) is 0 Å². The summed E-state index contributed by atoms with van der Waals surface area (Å²) in [6.07, 6.45) is 2.80. The zero-order valence-corrected chi connectivity index (χ0v) is 23.4. The molecule has 1 amide bonds. The first-order chi connectivity index (χ1) is 18.6. The molecule has 2 N–H and O–H groups in total. The summed E-state index contributed by atoms with van der Waals surface area (Å²) in [4.78, 5) is 12.6. The second kappa shape index (κ2) is 12.7. The van der Waals surface area contributed by atoms with Crippen molar-refractivity contribution >= 4 is 26.0 Å². The number of rotatable bonds is 11. The van der Waals surface area contributed by atoms with Gasteiger partial charge in [-0.15, -0.1) is 0 Å². The van der Waals surface area contributed by atoms with Gasteiger partial charge in [0, 0.05) is 25.7 Å². The molecule has 0 aromatic heterocycles. The number of carbonyl (C=O) groups is 1. The molecular weight excluding hydrogens is 538 g/mol. The highest BCUT2D eigenvalue weighted by Crippen LogP contribution is 2.21. The molecule has 1 fully saturated rings. The number of piperidine rings is 1. The Hall–Kier alpha value is -3.25. The molecule has 0 unspecified atom stereocenters. The fourth-order valence-corrected chi connectivity index (χ4v) is 7.01. The minimum Gasteiger partial charge on any atom is -0.484 e. The van der Waals surface area contributed by atoms with Crippen LogP contribution in [0, 0.1) is 0 Å². The third-order valence-corrected chi connectivity index (χ3v) is 9.97. The van der Waals surface area contributed by atoms with Crippen molar-refractivity contribution in [3.8, 4) is 5.75 Å². The Bertz CT molecular complexity index is 1450. The Labute approximate surface area is 230 Å². The van der Waals surface area contributed by atoms with Crippen LogP contribution in [0.25, 0.3) is 0 Å². The zero-order valence-electron chi connectivity index (χ0n) is 21.7. The number of carbonyl (C=O) groups excluding carboxylic acids is 1. The van der Waals surface area contributed by atoms with E-state index in [1.165, 1.54) is 28.6 Å². The quantitative estimate of drug-likeness (QED) is 0.363. The Morgan fingerprint density at radius 2 is 1.46 bits per heavy atom. The van der Waals surface area contributed by atoms with Crippen molar-refractivity contribution in [2.24, 2.45) is 0 Å². The van der Waals surface area contributed by atoms with Crippen molar-refractivity contribution in [1.82, 2.24) is 14.3 Å². The summed E-state index contributed by atoms with van der Waals surface area (Å²) in [6.45, 7) is 2.83. The summed E-state index contributed by atoms with van der Waals surface area (Å²) in [5.41, 5.74) is 1.61. The van der Waals surface area contributed by atoms with E-state index in [0.29, 0.717) is 18.8 Å². The van der Waals surface area contributed by atoms with E-state index in [1.807, 2.05) is 30.3 Å². The molecule has 3 aromatic carbocycles. The van der Waals surface area contributed by atoms with Gasteiger partial charge in [0.05, 0.1) is 9.79 Å². The van der Waals surface area contributed by atoms with Crippen LogP contribution in [0.2, 0.25) is 0 Å². The van der Waals surface area contributed by atoms with Gasteiger partial charge in [-0.25, -0.2) is 21.6 Å². The van der Waals surface area contributed by atoms with Crippen LogP contribution in [0.5, 0.6) is 5.75 Å². The molecule has 4 rings (SSSR count). The van der Waals surface area contributed by atoms with Crippen molar-refractivity contribution in [3.63, 3.8) is 0 Å². The number of benzene rings is 3. The molecule has 1 heterocycles. The van der Waals surface area contributed by atoms with E-state index in [2.05, 4.69) is 10.0 Å². The van der Waals surface area contributed by atoms with Crippen LogP contribution in [-0.4, -0.2) is 46.7 Å².